The van der Waals surface area contributed by atoms with Crippen LogP contribution in [0.15, 0.2) is 0 Å². The van der Waals surface area contributed by atoms with Gasteiger partial charge in [-0.2, -0.15) is 74.6 Å². The molecule has 2 atom stereocenters. The van der Waals surface area contributed by atoms with Crippen LogP contribution >= 0.6 is 0 Å². The van der Waals surface area contributed by atoms with Crippen molar-refractivity contribution in [3.05, 3.63) is 0 Å². The molecule has 2 aliphatic carbocycles. The summed E-state index contributed by atoms with van der Waals surface area (Å²) in [5.41, 5.74) is 0. The van der Waals surface area contributed by atoms with Gasteiger partial charge in [-0.05, 0) is 25.7 Å². The fraction of sp³-hybridized carbons (Fsp3) is 0.952. The van der Waals surface area contributed by atoms with Gasteiger partial charge in [0, 0.05) is 12.1 Å². The number of nitrogens with one attached hydrogen (secondary N) is 1. The molecule has 0 aromatic carbocycles. The van der Waals surface area contributed by atoms with E-state index in [4.69, 9.17) is 5.41 Å². The summed E-state index contributed by atoms with van der Waals surface area (Å²) in [4.78, 5) is 0.322. The second-order valence-corrected chi connectivity index (χ2v) is 9.84. The van der Waals surface area contributed by atoms with Crippen LogP contribution in [0.3, 0.4) is 0 Å². The lowest BCUT2D eigenvalue weighted by Crippen LogP contribution is -2.69. The SMILES string of the molecule is N=C(N(C1CCCCC1)C1CCCCC1)[C@@](F)(OC(F)(F)[C@@](F)(OC(F)(F)C(F)(F)C(F)(F)F)C(F)(F)F)C(F)(F)F. The molecule has 0 saturated heterocycles. The Bertz CT molecular complexity index is 921. The van der Waals surface area contributed by atoms with Crippen LogP contribution in [0.1, 0.15) is 64.2 Å². The van der Waals surface area contributed by atoms with Crippen LogP contribution in [0.2, 0.25) is 0 Å². The maximum atomic E-state index is 15.5. The minimum absolute atomic E-state index is 0.0688. The van der Waals surface area contributed by atoms with Crippen LogP contribution < -0.4 is 0 Å². The Labute approximate surface area is 226 Å². The van der Waals surface area contributed by atoms with E-state index in [1.807, 2.05) is 0 Å². The minimum atomic E-state index is -7.96. The molecule has 2 saturated carbocycles. The first-order valence-corrected chi connectivity index (χ1v) is 12.2. The largest absolute Gasteiger partial charge is 0.462 e. The van der Waals surface area contributed by atoms with E-state index in [-0.39, 0.29) is 51.4 Å². The molecule has 0 amide bonds. The molecule has 0 spiro atoms. The minimum Gasteiger partial charge on any atom is -0.349 e. The van der Waals surface area contributed by atoms with E-state index in [0.29, 0.717) is 17.7 Å². The molecule has 0 aliphatic heterocycles. The van der Waals surface area contributed by atoms with Gasteiger partial charge < -0.3 is 4.90 Å². The number of amidine groups is 1. The summed E-state index contributed by atoms with van der Waals surface area (Å²) < 4.78 is 235. The molecule has 42 heavy (non-hydrogen) atoms. The smallest absolute Gasteiger partial charge is 0.349 e. The lowest BCUT2D eigenvalue weighted by Gasteiger charge is -2.47. The Morgan fingerprint density at radius 1 is 0.500 bits per heavy atom. The van der Waals surface area contributed by atoms with Crippen molar-refractivity contribution in [1.82, 2.24) is 4.90 Å². The Morgan fingerprint density at radius 2 is 0.881 bits per heavy atom. The van der Waals surface area contributed by atoms with E-state index in [2.05, 4.69) is 4.74 Å². The van der Waals surface area contributed by atoms with Crippen molar-refractivity contribution >= 4 is 5.84 Å². The lowest BCUT2D eigenvalue weighted by molar-refractivity contribution is -0.547. The van der Waals surface area contributed by atoms with Gasteiger partial charge in [0.1, 0.15) is 0 Å². The van der Waals surface area contributed by atoms with Crippen molar-refractivity contribution in [3.8, 4) is 0 Å². The standard InChI is InChI=1S/C21H23F17N2O2/c22-14(17(26,27)28,13(39)40(11-7-3-1-4-8-11)12-9-5-2-6-10-12)41-21(37,38)16(25,19(32,33)34)42-20(35,36)15(23,24)18(29,30)31/h11-12,39H,1-10H2/t14-,16+/m1/s1. The molecule has 2 rings (SSSR count). The van der Waals surface area contributed by atoms with Crippen molar-refractivity contribution in [1.29, 1.82) is 5.41 Å². The van der Waals surface area contributed by atoms with Gasteiger partial charge in [0.2, 0.25) is 0 Å². The van der Waals surface area contributed by atoms with E-state index < -0.39 is 66.3 Å². The molecule has 0 heterocycles. The van der Waals surface area contributed by atoms with Crippen LogP contribution in [0.25, 0.3) is 0 Å². The first-order valence-electron chi connectivity index (χ1n) is 12.2. The summed E-state index contributed by atoms with van der Waals surface area (Å²) >= 11 is 0. The lowest BCUT2D eigenvalue weighted by atomic mass is 9.88. The molecule has 2 aliphatic rings. The first-order chi connectivity index (χ1) is 18.7. The molecule has 2 fully saturated rings. The topological polar surface area (TPSA) is 45.6 Å². The molecule has 248 valence electrons. The average Bonchev–Trinajstić information content (AvgIpc) is 2.82. The third-order valence-corrected chi connectivity index (χ3v) is 6.86. The Morgan fingerprint density at radius 3 is 1.19 bits per heavy atom. The van der Waals surface area contributed by atoms with Crippen molar-refractivity contribution in [2.45, 2.75) is 125 Å². The predicted molar refractivity (Wildman–Crippen MR) is 106 cm³/mol. The van der Waals surface area contributed by atoms with Crippen LogP contribution in [0, 0.1) is 5.41 Å². The van der Waals surface area contributed by atoms with Crippen LogP contribution in [-0.4, -0.2) is 71.2 Å². The monoisotopic (exact) mass is 658 g/mol. The van der Waals surface area contributed by atoms with Crippen molar-refractivity contribution in [2.24, 2.45) is 0 Å². The summed E-state index contributed by atoms with van der Waals surface area (Å²) in [6, 6.07) is -2.40. The molecule has 21 heteroatoms. The van der Waals surface area contributed by atoms with Gasteiger partial charge in [0.05, 0.1) is 0 Å². The van der Waals surface area contributed by atoms with Gasteiger partial charge >= 0.3 is 48.4 Å². The highest BCUT2D eigenvalue weighted by Crippen LogP contribution is 2.57. The molecule has 1 N–H and O–H groups in total. The normalized spacial score (nSPS) is 22.4. The van der Waals surface area contributed by atoms with E-state index >= 15 is 4.39 Å². The summed E-state index contributed by atoms with van der Waals surface area (Å²) in [7, 11) is 0. The average molecular weight is 658 g/mol. The van der Waals surface area contributed by atoms with Gasteiger partial charge in [-0.25, -0.2) is 0 Å². The predicted octanol–water partition coefficient (Wildman–Crippen LogP) is 8.80. The van der Waals surface area contributed by atoms with Crippen molar-refractivity contribution in [3.63, 3.8) is 0 Å². The molecule has 0 aromatic heterocycles. The van der Waals surface area contributed by atoms with Crippen LogP contribution in [-0.2, 0) is 9.47 Å². The third kappa shape index (κ3) is 6.64. The molecular weight excluding hydrogens is 635 g/mol. The van der Waals surface area contributed by atoms with Gasteiger partial charge in [-0.3, -0.25) is 14.9 Å². The fourth-order valence-electron chi connectivity index (χ4n) is 4.72. The second-order valence-electron chi connectivity index (χ2n) is 9.84. The van der Waals surface area contributed by atoms with Gasteiger partial charge in [0.15, 0.2) is 5.84 Å². The zero-order valence-corrected chi connectivity index (χ0v) is 20.9. The first kappa shape index (κ1) is 36.4. The van der Waals surface area contributed by atoms with Gasteiger partial charge in [-0.15, -0.1) is 0 Å². The number of nitrogens with zero attached hydrogens (tertiary/aromatic N) is 1. The van der Waals surface area contributed by atoms with Crippen LogP contribution in [0.4, 0.5) is 74.6 Å². The highest BCUT2D eigenvalue weighted by molar-refractivity contribution is 5.88. The summed E-state index contributed by atoms with van der Waals surface area (Å²) in [5.74, 6) is -24.9. The summed E-state index contributed by atoms with van der Waals surface area (Å²) in [6.07, 6.45) is -36.3. The molecule has 0 radical (unpaired) electrons. The number of hydrogen-bond donors (Lipinski definition) is 1. The van der Waals surface area contributed by atoms with Crippen LogP contribution in [0.5, 0.6) is 0 Å². The van der Waals surface area contributed by atoms with Crippen molar-refractivity contribution in [2.75, 3.05) is 0 Å². The van der Waals surface area contributed by atoms with E-state index in [9.17, 15) is 70.2 Å². The Kier molecular flexibility index (Phi) is 10.1. The second kappa shape index (κ2) is 11.6. The fourth-order valence-corrected chi connectivity index (χ4v) is 4.72. The summed E-state index contributed by atoms with van der Waals surface area (Å²) in [5, 5.41) is 7.84. The number of halogens is 17. The van der Waals surface area contributed by atoms with Gasteiger partial charge in [0.25, 0.3) is 0 Å². The van der Waals surface area contributed by atoms with Gasteiger partial charge in [-0.1, -0.05) is 38.5 Å². The molecule has 0 unspecified atom stereocenters. The van der Waals surface area contributed by atoms with E-state index in [1.165, 1.54) is 0 Å². The zero-order chi connectivity index (χ0) is 32.8. The quantitative estimate of drug-likeness (QED) is 0.153. The third-order valence-electron chi connectivity index (χ3n) is 6.86. The Balaban J connectivity index is 2.64. The number of alkyl halides is 17. The molecule has 4 nitrogen and oxygen atoms in total. The maximum absolute atomic E-state index is 15.5. The zero-order valence-electron chi connectivity index (χ0n) is 20.9. The highest BCUT2D eigenvalue weighted by atomic mass is 19.4. The highest BCUT2D eigenvalue weighted by Gasteiger charge is 2.85. The summed E-state index contributed by atoms with van der Waals surface area (Å²) in [6.45, 7) is 0. The molecule has 0 bridgehead atoms. The Hall–Kier alpha value is -1.80. The maximum Gasteiger partial charge on any atom is 0.462 e. The molecule has 0 aromatic rings. The number of hydrogen-bond acceptors (Lipinski definition) is 3. The number of rotatable bonds is 9. The molecular formula is C21H23F17N2O2. The van der Waals surface area contributed by atoms with Crippen molar-refractivity contribution < 1.29 is 84.1 Å². The van der Waals surface area contributed by atoms with E-state index in [0.717, 1.165) is 0 Å². The number of ether oxygens (including phenoxy) is 2. The van der Waals surface area contributed by atoms with E-state index in [1.54, 1.807) is 4.74 Å².